The SMILES string of the molecule is CCCN(CCO)C(=O)c1ccc(OC)c([N+](=O)[O-])c1. The lowest BCUT2D eigenvalue weighted by Gasteiger charge is -2.21. The maximum absolute atomic E-state index is 12.3. The van der Waals surface area contributed by atoms with Gasteiger partial charge in [-0.25, -0.2) is 0 Å². The number of rotatable bonds is 7. The fourth-order valence-corrected chi connectivity index (χ4v) is 1.85. The van der Waals surface area contributed by atoms with E-state index in [0.717, 1.165) is 6.42 Å². The molecular formula is C13H18N2O5. The van der Waals surface area contributed by atoms with Gasteiger partial charge in [-0.2, -0.15) is 0 Å². The second-order valence-corrected chi connectivity index (χ2v) is 4.16. The fourth-order valence-electron chi connectivity index (χ4n) is 1.85. The van der Waals surface area contributed by atoms with E-state index in [4.69, 9.17) is 9.84 Å². The van der Waals surface area contributed by atoms with E-state index >= 15 is 0 Å². The van der Waals surface area contributed by atoms with E-state index in [1.807, 2.05) is 6.92 Å². The number of nitro groups is 1. The van der Waals surface area contributed by atoms with Gasteiger partial charge in [0.15, 0.2) is 5.75 Å². The lowest BCUT2D eigenvalue weighted by atomic mass is 10.1. The maximum Gasteiger partial charge on any atom is 0.311 e. The third-order valence-electron chi connectivity index (χ3n) is 2.77. The summed E-state index contributed by atoms with van der Waals surface area (Å²) < 4.78 is 4.89. The van der Waals surface area contributed by atoms with Crippen LogP contribution in [0, 0.1) is 10.1 Å². The molecule has 0 atom stereocenters. The summed E-state index contributed by atoms with van der Waals surface area (Å²) in [6.45, 7) is 2.45. The molecule has 110 valence electrons. The normalized spacial score (nSPS) is 10.2. The van der Waals surface area contributed by atoms with Crippen LogP contribution < -0.4 is 4.74 Å². The first-order valence-corrected chi connectivity index (χ1v) is 6.27. The van der Waals surface area contributed by atoms with Crippen molar-refractivity contribution in [3.8, 4) is 5.75 Å². The number of carbonyl (C=O) groups is 1. The summed E-state index contributed by atoms with van der Waals surface area (Å²) >= 11 is 0. The van der Waals surface area contributed by atoms with Gasteiger partial charge in [0.05, 0.1) is 18.6 Å². The van der Waals surface area contributed by atoms with Crippen LogP contribution in [0.2, 0.25) is 0 Å². The van der Waals surface area contributed by atoms with Gasteiger partial charge < -0.3 is 14.7 Å². The van der Waals surface area contributed by atoms with Crippen LogP contribution in [0.25, 0.3) is 0 Å². The summed E-state index contributed by atoms with van der Waals surface area (Å²) in [5.41, 5.74) is -0.0433. The highest BCUT2D eigenvalue weighted by Gasteiger charge is 2.21. The molecule has 7 heteroatoms. The van der Waals surface area contributed by atoms with Crippen molar-refractivity contribution in [2.75, 3.05) is 26.8 Å². The highest BCUT2D eigenvalue weighted by atomic mass is 16.6. The van der Waals surface area contributed by atoms with E-state index in [9.17, 15) is 14.9 Å². The molecular weight excluding hydrogens is 264 g/mol. The Kier molecular flexibility index (Phi) is 5.92. The van der Waals surface area contributed by atoms with Crippen molar-refractivity contribution in [1.82, 2.24) is 4.90 Å². The van der Waals surface area contributed by atoms with Crippen LogP contribution >= 0.6 is 0 Å². The maximum atomic E-state index is 12.3. The van der Waals surface area contributed by atoms with E-state index in [0.29, 0.717) is 6.54 Å². The second-order valence-electron chi connectivity index (χ2n) is 4.16. The van der Waals surface area contributed by atoms with Crippen molar-refractivity contribution in [2.45, 2.75) is 13.3 Å². The number of amides is 1. The number of hydrogen-bond acceptors (Lipinski definition) is 5. The molecule has 0 spiro atoms. The molecule has 7 nitrogen and oxygen atoms in total. The minimum Gasteiger partial charge on any atom is -0.490 e. The van der Waals surface area contributed by atoms with Gasteiger partial charge in [0.2, 0.25) is 0 Å². The van der Waals surface area contributed by atoms with Gasteiger partial charge in [-0.05, 0) is 18.6 Å². The predicted molar refractivity (Wildman–Crippen MR) is 72.9 cm³/mol. The zero-order valence-corrected chi connectivity index (χ0v) is 11.5. The Hall–Kier alpha value is -2.15. The average Bonchev–Trinajstić information content (AvgIpc) is 2.45. The van der Waals surface area contributed by atoms with Crippen molar-refractivity contribution in [1.29, 1.82) is 0 Å². The molecule has 0 fully saturated rings. The van der Waals surface area contributed by atoms with E-state index in [2.05, 4.69) is 0 Å². The van der Waals surface area contributed by atoms with Crippen LogP contribution in [0.4, 0.5) is 5.69 Å². The molecule has 0 aliphatic heterocycles. The molecule has 0 aliphatic carbocycles. The number of nitro benzene ring substituents is 1. The summed E-state index contributed by atoms with van der Waals surface area (Å²) in [5, 5.41) is 19.9. The van der Waals surface area contributed by atoms with Gasteiger partial charge in [-0.15, -0.1) is 0 Å². The third-order valence-corrected chi connectivity index (χ3v) is 2.77. The molecule has 0 unspecified atom stereocenters. The highest BCUT2D eigenvalue weighted by molar-refractivity contribution is 5.95. The Labute approximate surface area is 116 Å². The van der Waals surface area contributed by atoms with E-state index in [1.54, 1.807) is 0 Å². The first-order chi connectivity index (χ1) is 9.54. The van der Waals surface area contributed by atoms with Crippen LogP contribution in [0.3, 0.4) is 0 Å². The number of carbonyl (C=O) groups excluding carboxylic acids is 1. The number of benzene rings is 1. The number of aliphatic hydroxyl groups excluding tert-OH is 1. The number of nitrogens with zero attached hydrogens (tertiary/aromatic N) is 2. The zero-order chi connectivity index (χ0) is 15.1. The van der Waals surface area contributed by atoms with Gasteiger partial charge in [-0.1, -0.05) is 6.92 Å². The highest BCUT2D eigenvalue weighted by Crippen LogP contribution is 2.28. The molecule has 0 bridgehead atoms. The smallest absolute Gasteiger partial charge is 0.311 e. The van der Waals surface area contributed by atoms with E-state index < -0.39 is 4.92 Å². The summed E-state index contributed by atoms with van der Waals surface area (Å²) in [4.78, 5) is 24.1. The van der Waals surface area contributed by atoms with Crippen LogP contribution in [0.1, 0.15) is 23.7 Å². The molecule has 0 heterocycles. The topological polar surface area (TPSA) is 92.9 Å². The van der Waals surface area contributed by atoms with Crippen LogP contribution in [0.5, 0.6) is 5.75 Å². The second kappa shape index (κ2) is 7.44. The first kappa shape index (κ1) is 15.9. The number of methoxy groups -OCH3 is 1. The standard InChI is InChI=1S/C13H18N2O5/c1-3-6-14(7-8-16)13(17)10-4-5-12(20-2)11(9-10)15(18)19/h4-5,9,16H,3,6-8H2,1-2H3. The Morgan fingerprint density at radius 1 is 1.45 bits per heavy atom. The monoisotopic (exact) mass is 282 g/mol. The van der Waals surface area contributed by atoms with Gasteiger partial charge in [-0.3, -0.25) is 14.9 Å². The quantitative estimate of drug-likeness (QED) is 0.603. The minimum absolute atomic E-state index is 0.107. The van der Waals surface area contributed by atoms with E-state index in [-0.39, 0.29) is 36.1 Å². The van der Waals surface area contributed by atoms with Gasteiger partial charge in [0.1, 0.15) is 0 Å². The van der Waals surface area contributed by atoms with Gasteiger partial charge in [0.25, 0.3) is 5.91 Å². The largest absolute Gasteiger partial charge is 0.490 e. The van der Waals surface area contributed by atoms with Gasteiger partial charge >= 0.3 is 5.69 Å². The van der Waals surface area contributed by atoms with Crippen molar-refractivity contribution >= 4 is 11.6 Å². The molecule has 1 amide bonds. The number of aliphatic hydroxyl groups is 1. The molecule has 0 aromatic heterocycles. The van der Waals surface area contributed by atoms with E-state index in [1.165, 1.54) is 30.2 Å². The lowest BCUT2D eigenvalue weighted by Crippen LogP contribution is -2.34. The average molecular weight is 282 g/mol. The summed E-state index contributed by atoms with van der Waals surface area (Å²) in [6.07, 6.45) is 0.740. The Morgan fingerprint density at radius 3 is 2.65 bits per heavy atom. The van der Waals surface area contributed by atoms with Crippen LogP contribution in [0.15, 0.2) is 18.2 Å². The minimum atomic E-state index is -0.591. The predicted octanol–water partition coefficient (Wildman–Crippen LogP) is 1.45. The molecule has 0 saturated heterocycles. The Bertz CT molecular complexity index is 484. The van der Waals surface area contributed by atoms with Crippen molar-refractivity contribution < 1.29 is 19.6 Å². The number of ether oxygens (including phenoxy) is 1. The van der Waals surface area contributed by atoms with Crippen molar-refractivity contribution in [3.05, 3.63) is 33.9 Å². The third kappa shape index (κ3) is 3.67. The summed E-state index contributed by atoms with van der Waals surface area (Å²) in [7, 11) is 1.33. The fraction of sp³-hybridized carbons (Fsp3) is 0.462. The zero-order valence-electron chi connectivity index (χ0n) is 11.5. The lowest BCUT2D eigenvalue weighted by molar-refractivity contribution is -0.385. The Morgan fingerprint density at radius 2 is 2.15 bits per heavy atom. The molecule has 1 aromatic rings. The number of hydrogen-bond donors (Lipinski definition) is 1. The van der Waals surface area contributed by atoms with Crippen LogP contribution in [-0.4, -0.2) is 47.6 Å². The summed E-state index contributed by atoms with van der Waals surface area (Å²) in [5.74, 6) is -0.234. The summed E-state index contributed by atoms with van der Waals surface area (Å²) in [6, 6.07) is 4.07. The molecule has 0 aliphatic rings. The molecule has 0 radical (unpaired) electrons. The first-order valence-electron chi connectivity index (χ1n) is 6.27. The van der Waals surface area contributed by atoms with Crippen molar-refractivity contribution in [3.63, 3.8) is 0 Å². The van der Waals surface area contributed by atoms with Crippen molar-refractivity contribution in [2.24, 2.45) is 0 Å². The van der Waals surface area contributed by atoms with Crippen LogP contribution in [-0.2, 0) is 0 Å². The molecule has 1 N–H and O–H groups in total. The molecule has 1 aromatic carbocycles. The molecule has 20 heavy (non-hydrogen) atoms. The van der Waals surface area contributed by atoms with Gasteiger partial charge in [0, 0.05) is 24.7 Å². The molecule has 1 rings (SSSR count). The Balaban J connectivity index is 3.08. The molecule has 0 saturated carbocycles.